The lowest BCUT2D eigenvalue weighted by Crippen LogP contribution is -2.05. The monoisotopic (exact) mass is 242 g/mol. The molecule has 5 heteroatoms. The summed E-state index contributed by atoms with van der Waals surface area (Å²) >= 11 is 0. The van der Waals surface area contributed by atoms with E-state index in [2.05, 4.69) is 4.98 Å². The van der Waals surface area contributed by atoms with Gasteiger partial charge in [0.05, 0.1) is 6.33 Å². The molecule has 1 N–H and O–H groups in total. The first-order valence-electron chi connectivity index (χ1n) is 5.39. The van der Waals surface area contributed by atoms with Crippen LogP contribution in [0, 0.1) is 0 Å². The molecule has 0 fully saturated rings. The molecule has 5 nitrogen and oxygen atoms in total. The smallest absolute Gasteiger partial charge is 0.354 e. The first-order chi connectivity index (χ1) is 8.68. The number of benzene rings is 1. The van der Waals surface area contributed by atoms with Crippen LogP contribution in [0.15, 0.2) is 41.3 Å². The van der Waals surface area contributed by atoms with Crippen LogP contribution in [0.1, 0.15) is 10.5 Å². The number of carboxylic acids is 1. The molecule has 90 valence electrons. The van der Waals surface area contributed by atoms with E-state index in [1.807, 2.05) is 24.3 Å². The van der Waals surface area contributed by atoms with Crippen LogP contribution in [0.3, 0.4) is 0 Å². The molecule has 1 aromatic carbocycles. The Kier molecular flexibility index (Phi) is 2.19. The van der Waals surface area contributed by atoms with Crippen molar-refractivity contribution in [2.24, 2.45) is 7.05 Å². The number of hydrogen-bond acceptors (Lipinski definition) is 3. The van der Waals surface area contributed by atoms with Gasteiger partial charge in [-0.3, -0.25) is 0 Å². The molecule has 2 aromatic heterocycles. The van der Waals surface area contributed by atoms with E-state index in [-0.39, 0.29) is 5.69 Å². The van der Waals surface area contributed by atoms with Crippen LogP contribution in [-0.4, -0.2) is 20.6 Å². The van der Waals surface area contributed by atoms with E-state index in [1.54, 1.807) is 13.3 Å². The fourth-order valence-corrected chi connectivity index (χ4v) is 2.04. The molecule has 0 spiro atoms. The van der Waals surface area contributed by atoms with Gasteiger partial charge in [0.15, 0.2) is 5.69 Å². The minimum atomic E-state index is -1.00. The van der Waals surface area contributed by atoms with Gasteiger partial charge in [0.25, 0.3) is 0 Å². The van der Waals surface area contributed by atoms with Gasteiger partial charge in [-0.2, -0.15) is 0 Å². The molecule has 0 atom stereocenters. The van der Waals surface area contributed by atoms with Gasteiger partial charge in [-0.1, -0.05) is 18.2 Å². The van der Waals surface area contributed by atoms with Crippen LogP contribution in [0.4, 0.5) is 0 Å². The summed E-state index contributed by atoms with van der Waals surface area (Å²) in [6.07, 6.45) is 3.03. The Morgan fingerprint density at radius 2 is 2.17 bits per heavy atom. The van der Waals surface area contributed by atoms with E-state index in [4.69, 9.17) is 4.42 Å². The summed E-state index contributed by atoms with van der Waals surface area (Å²) in [6.45, 7) is 0. The molecule has 0 aliphatic rings. The topological polar surface area (TPSA) is 68.3 Å². The Bertz CT molecular complexity index is 740. The van der Waals surface area contributed by atoms with Crippen molar-refractivity contribution in [3.63, 3.8) is 0 Å². The highest BCUT2D eigenvalue weighted by atomic mass is 16.4. The Labute approximate surface area is 102 Å². The van der Waals surface area contributed by atoms with Crippen LogP contribution in [-0.2, 0) is 7.05 Å². The van der Waals surface area contributed by atoms with Crippen molar-refractivity contribution in [2.45, 2.75) is 0 Å². The van der Waals surface area contributed by atoms with Gasteiger partial charge < -0.3 is 14.1 Å². The Balaban J connectivity index is 2.30. The predicted molar refractivity (Wildman–Crippen MR) is 65.4 cm³/mol. The van der Waals surface area contributed by atoms with E-state index >= 15 is 0 Å². The van der Waals surface area contributed by atoms with Crippen LogP contribution in [0.25, 0.3) is 22.2 Å². The number of para-hydroxylation sites is 1. The molecule has 0 unspecified atom stereocenters. The number of hydrogen-bond donors (Lipinski definition) is 1. The third-order valence-corrected chi connectivity index (χ3v) is 2.88. The number of furan rings is 1. The maximum Gasteiger partial charge on any atom is 0.354 e. The maximum atomic E-state index is 11.2. The number of rotatable bonds is 2. The summed E-state index contributed by atoms with van der Waals surface area (Å²) in [5.41, 5.74) is 1.99. The molecular weight excluding hydrogens is 232 g/mol. The average molecular weight is 242 g/mol. The summed E-state index contributed by atoms with van der Waals surface area (Å²) in [7, 11) is 1.65. The lowest BCUT2D eigenvalue weighted by Gasteiger charge is -1.99. The molecule has 0 amide bonds. The number of aromatic carboxylic acids is 1. The van der Waals surface area contributed by atoms with Crippen LogP contribution in [0.5, 0.6) is 0 Å². The molecule has 3 rings (SSSR count). The quantitative estimate of drug-likeness (QED) is 0.749. The first kappa shape index (κ1) is 10.6. The van der Waals surface area contributed by atoms with Crippen molar-refractivity contribution in [1.29, 1.82) is 0 Å². The van der Waals surface area contributed by atoms with Crippen LogP contribution < -0.4 is 0 Å². The highest BCUT2D eigenvalue weighted by Crippen LogP contribution is 2.31. The molecule has 0 aliphatic carbocycles. The van der Waals surface area contributed by atoms with Crippen LogP contribution >= 0.6 is 0 Å². The van der Waals surface area contributed by atoms with Gasteiger partial charge in [-0.15, -0.1) is 0 Å². The van der Waals surface area contributed by atoms with E-state index in [0.29, 0.717) is 11.3 Å². The number of fused-ring (bicyclic) bond motifs is 1. The normalized spacial score (nSPS) is 10.9. The Morgan fingerprint density at radius 3 is 2.94 bits per heavy atom. The number of aryl methyl sites for hydroxylation is 1. The summed E-state index contributed by atoms with van der Waals surface area (Å²) in [5, 5.41) is 10.1. The fraction of sp³-hybridized carbons (Fsp3) is 0.0769. The second kappa shape index (κ2) is 3.73. The molecule has 3 aromatic rings. The fourth-order valence-electron chi connectivity index (χ4n) is 2.04. The van der Waals surface area contributed by atoms with Gasteiger partial charge in [0.2, 0.25) is 0 Å². The van der Waals surface area contributed by atoms with Gasteiger partial charge in [0, 0.05) is 18.0 Å². The minimum Gasteiger partial charge on any atom is -0.477 e. The van der Waals surface area contributed by atoms with E-state index in [9.17, 15) is 9.90 Å². The maximum absolute atomic E-state index is 11.2. The molecule has 0 aliphatic heterocycles. The highest BCUT2D eigenvalue weighted by Gasteiger charge is 2.20. The lowest BCUT2D eigenvalue weighted by molar-refractivity contribution is 0.0687. The van der Waals surface area contributed by atoms with Crippen molar-refractivity contribution >= 4 is 16.9 Å². The summed E-state index contributed by atoms with van der Waals surface area (Å²) in [4.78, 5) is 15.4. The van der Waals surface area contributed by atoms with Crippen molar-refractivity contribution < 1.29 is 14.3 Å². The Morgan fingerprint density at radius 1 is 1.39 bits per heavy atom. The summed E-state index contributed by atoms with van der Waals surface area (Å²) < 4.78 is 6.89. The molecule has 18 heavy (non-hydrogen) atoms. The van der Waals surface area contributed by atoms with Crippen LogP contribution in [0.2, 0.25) is 0 Å². The molecule has 2 heterocycles. The van der Waals surface area contributed by atoms with Gasteiger partial charge in [0.1, 0.15) is 17.5 Å². The number of imidazole rings is 1. The molecule has 0 radical (unpaired) electrons. The number of nitrogens with zero attached hydrogens (tertiary/aromatic N) is 2. The van der Waals surface area contributed by atoms with E-state index in [0.717, 1.165) is 11.0 Å². The third kappa shape index (κ3) is 1.41. The van der Waals surface area contributed by atoms with Gasteiger partial charge in [-0.05, 0) is 6.07 Å². The molecule has 0 saturated heterocycles. The average Bonchev–Trinajstić information content (AvgIpc) is 2.92. The van der Waals surface area contributed by atoms with E-state index < -0.39 is 5.97 Å². The standard InChI is InChI=1S/C13H10N2O3/c1-15-7-14-11(12(15)13(16)17)9-6-18-10-5-3-2-4-8(9)10/h2-7H,1H3,(H,16,17). The molecule has 0 bridgehead atoms. The molecular formula is C13H10N2O3. The summed E-state index contributed by atoms with van der Waals surface area (Å²) in [5.74, 6) is -1.00. The second-order valence-corrected chi connectivity index (χ2v) is 4.00. The zero-order valence-corrected chi connectivity index (χ0v) is 9.62. The lowest BCUT2D eigenvalue weighted by atomic mass is 10.1. The Hall–Kier alpha value is -2.56. The number of aromatic nitrogens is 2. The van der Waals surface area contributed by atoms with Gasteiger partial charge >= 0.3 is 5.97 Å². The minimum absolute atomic E-state index is 0.154. The van der Waals surface area contributed by atoms with Crippen molar-refractivity contribution in [3.8, 4) is 11.3 Å². The largest absolute Gasteiger partial charge is 0.477 e. The van der Waals surface area contributed by atoms with E-state index in [1.165, 1.54) is 10.9 Å². The zero-order chi connectivity index (χ0) is 12.7. The molecule has 0 saturated carbocycles. The number of carbonyl (C=O) groups is 1. The first-order valence-corrected chi connectivity index (χ1v) is 5.39. The summed E-state index contributed by atoms with van der Waals surface area (Å²) in [6, 6.07) is 7.47. The SMILES string of the molecule is Cn1cnc(-c2coc3ccccc23)c1C(=O)O. The van der Waals surface area contributed by atoms with Crippen molar-refractivity contribution in [2.75, 3.05) is 0 Å². The van der Waals surface area contributed by atoms with Gasteiger partial charge in [-0.25, -0.2) is 9.78 Å². The highest BCUT2D eigenvalue weighted by molar-refractivity contribution is 6.00. The zero-order valence-electron chi connectivity index (χ0n) is 9.62. The second-order valence-electron chi connectivity index (χ2n) is 4.00. The predicted octanol–water partition coefficient (Wildman–Crippen LogP) is 2.53. The number of carboxylic acid groups (broad SMARTS) is 1. The van der Waals surface area contributed by atoms with Crippen molar-refractivity contribution in [1.82, 2.24) is 9.55 Å². The third-order valence-electron chi connectivity index (χ3n) is 2.88. The van der Waals surface area contributed by atoms with Crippen molar-refractivity contribution in [3.05, 3.63) is 42.5 Å².